The largest absolute Gasteiger partial charge is 0.389 e. The van der Waals surface area contributed by atoms with Crippen LogP contribution in [0, 0.1) is 0 Å². The Labute approximate surface area is 128 Å². The molecule has 6 heteroatoms. The summed E-state index contributed by atoms with van der Waals surface area (Å²) in [4.78, 5) is 2.48. The van der Waals surface area contributed by atoms with E-state index in [0.29, 0.717) is 11.6 Å². The summed E-state index contributed by atoms with van der Waals surface area (Å²) in [7, 11) is 4.05. The topological polar surface area (TPSA) is 50.5 Å². The van der Waals surface area contributed by atoms with E-state index in [1.54, 1.807) is 0 Å². The molecule has 0 heterocycles. The molecule has 19 heavy (non-hydrogen) atoms. The molecule has 0 aliphatic rings. The lowest BCUT2D eigenvalue weighted by Crippen LogP contribution is -2.20. The molecule has 0 aliphatic carbocycles. The molecule has 3 N–H and O–H groups in total. The zero-order valence-corrected chi connectivity index (χ0v) is 13.7. The van der Waals surface area contributed by atoms with Crippen LogP contribution in [0.3, 0.4) is 0 Å². The molecule has 0 spiro atoms. The van der Waals surface area contributed by atoms with Gasteiger partial charge in [0.1, 0.15) is 4.99 Å². The van der Waals surface area contributed by atoms with Gasteiger partial charge in [-0.1, -0.05) is 28.1 Å². The van der Waals surface area contributed by atoms with Gasteiger partial charge in [0.25, 0.3) is 0 Å². The number of benzene rings is 1. The van der Waals surface area contributed by atoms with Crippen LogP contribution in [0.1, 0.15) is 5.56 Å². The van der Waals surface area contributed by atoms with Crippen LogP contribution in [-0.2, 0) is 4.74 Å². The van der Waals surface area contributed by atoms with Crippen molar-refractivity contribution < 1.29 is 4.74 Å². The highest BCUT2D eigenvalue weighted by Crippen LogP contribution is 2.20. The third kappa shape index (κ3) is 6.33. The number of rotatable bonds is 8. The van der Waals surface area contributed by atoms with Crippen LogP contribution in [0.4, 0.5) is 5.69 Å². The van der Waals surface area contributed by atoms with Gasteiger partial charge >= 0.3 is 0 Å². The molecule has 0 atom stereocenters. The number of halogens is 1. The van der Waals surface area contributed by atoms with Gasteiger partial charge in [0, 0.05) is 28.8 Å². The van der Waals surface area contributed by atoms with Gasteiger partial charge in [-0.3, -0.25) is 0 Å². The van der Waals surface area contributed by atoms with Crippen molar-refractivity contribution in [2.45, 2.75) is 0 Å². The number of likely N-dealkylation sites (N-methyl/N-ethyl adjacent to an activating group) is 1. The van der Waals surface area contributed by atoms with Gasteiger partial charge in [-0.2, -0.15) is 0 Å². The molecule has 0 amide bonds. The van der Waals surface area contributed by atoms with E-state index in [1.807, 2.05) is 32.3 Å². The minimum Gasteiger partial charge on any atom is -0.389 e. The summed E-state index contributed by atoms with van der Waals surface area (Å²) >= 11 is 8.45. The molecule has 0 saturated carbocycles. The number of nitrogens with two attached hydrogens (primary N) is 1. The normalized spacial score (nSPS) is 10.7. The van der Waals surface area contributed by atoms with E-state index in [9.17, 15) is 0 Å². The average Bonchev–Trinajstić information content (AvgIpc) is 2.34. The van der Waals surface area contributed by atoms with E-state index in [1.165, 1.54) is 0 Å². The van der Waals surface area contributed by atoms with Gasteiger partial charge in [0.05, 0.1) is 13.2 Å². The summed E-state index contributed by atoms with van der Waals surface area (Å²) in [6, 6.07) is 5.83. The van der Waals surface area contributed by atoms with E-state index in [2.05, 4.69) is 26.1 Å². The Kier molecular flexibility index (Phi) is 7.30. The molecule has 0 bridgehead atoms. The molecule has 4 nitrogen and oxygen atoms in total. The second kappa shape index (κ2) is 8.47. The smallest absolute Gasteiger partial charge is 0.106 e. The van der Waals surface area contributed by atoms with Crippen molar-refractivity contribution >= 4 is 38.8 Å². The Hall–Kier alpha value is -0.690. The Morgan fingerprint density at radius 2 is 2.16 bits per heavy atom. The first-order valence-electron chi connectivity index (χ1n) is 6.06. The van der Waals surface area contributed by atoms with Gasteiger partial charge < -0.3 is 20.7 Å². The predicted molar refractivity (Wildman–Crippen MR) is 87.9 cm³/mol. The monoisotopic (exact) mass is 345 g/mol. The number of hydrogen-bond acceptors (Lipinski definition) is 4. The average molecular weight is 346 g/mol. The third-order valence-corrected chi connectivity index (χ3v) is 3.20. The van der Waals surface area contributed by atoms with Gasteiger partial charge in [0.2, 0.25) is 0 Å². The summed E-state index contributed by atoms with van der Waals surface area (Å²) in [6.45, 7) is 3.04. The van der Waals surface area contributed by atoms with E-state index < -0.39 is 0 Å². The SMILES string of the molecule is CN(C)CCOCCNc1ccc(Br)cc1C(N)=S. The molecule has 0 saturated heterocycles. The maximum atomic E-state index is 5.70. The molecule has 1 aromatic carbocycles. The molecule has 1 aromatic rings. The van der Waals surface area contributed by atoms with Crippen LogP contribution < -0.4 is 11.1 Å². The number of hydrogen-bond donors (Lipinski definition) is 2. The van der Waals surface area contributed by atoms with Crippen molar-refractivity contribution in [3.8, 4) is 0 Å². The van der Waals surface area contributed by atoms with E-state index >= 15 is 0 Å². The van der Waals surface area contributed by atoms with Crippen LogP contribution in [0.5, 0.6) is 0 Å². The molecule has 106 valence electrons. The number of anilines is 1. The third-order valence-electron chi connectivity index (χ3n) is 2.49. The molecular weight excluding hydrogens is 326 g/mol. The van der Waals surface area contributed by atoms with Crippen molar-refractivity contribution in [3.63, 3.8) is 0 Å². The fourth-order valence-corrected chi connectivity index (χ4v) is 2.01. The molecule has 0 fully saturated rings. The van der Waals surface area contributed by atoms with E-state index in [0.717, 1.165) is 35.4 Å². The van der Waals surface area contributed by atoms with Crippen molar-refractivity contribution in [2.75, 3.05) is 45.7 Å². The number of thiocarbonyl (C=S) groups is 1. The zero-order chi connectivity index (χ0) is 14.3. The van der Waals surface area contributed by atoms with Crippen LogP contribution in [-0.4, -0.2) is 50.3 Å². The maximum absolute atomic E-state index is 5.70. The van der Waals surface area contributed by atoms with Crippen LogP contribution in [0.2, 0.25) is 0 Å². The summed E-state index contributed by atoms with van der Waals surface area (Å²) in [5, 5.41) is 3.28. The summed E-state index contributed by atoms with van der Waals surface area (Å²) in [6.07, 6.45) is 0. The fourth-order valence-electron chi connectivity index (χ4n) is 1.48. The lowest BCUT2D eigenvalue weighted by molar-refractivity contribution is 0.126. The van der Waals surface area contributed by atoms with E-state index in [-0.39, 0.29) is 0 Å². The first-order valence-corrected chi connectivity index (χ1v) is 7.26. The molecule has 0 aliphatic heterocycles. The first-order chi connectivity index (χ1) is 9.00. The van der Waals surface area contributed by atoms with Crippen LogP contribution in [0.25, 0.3) is 0 Å². The Morgan fingerprint density at radius 3 is 2.79 bits per heavy atom. The van der Waals surface area contributed by atoms with Crippen molar-refractivity contribution in [2.24, 2.45) is 5.73 Å². The number of nitrogens with zero attached hydrogens (tertiary/aromatic N) is 1. The minimum absolute atomic E-state index is 0.386. The molecule has 0 unspecified atom stereocenters. The summed E-state index contributed by atoms with van der Waals surface area (Å²) < 4.78 is 6.47. The highest BCUT2D eigenvalue weighted by Gasteiger charge is 2.05. The minimum atomic E-state index is 0.386. The quantitative estimate of drug-likeness (QED) is 0.558. The molecule has 1 rings (SSSR count). The first kappa shape index (κ1) is 16.4. The standard InChI is InChI=1S/C13H20BrN3OS/c1-17(2)6-8-18-7-5-16-12-4-3-10(14)9-11(12)13(15)19/h3-4,9,16H,5-8H2,1-2H3,(H2,15,19). The highest BCUT2D eigenvalue weighted by atomic mass is 79.9. The lowest BCUT2D eigenvalue weighted by atomic mass is 10.2. The highest BCUT2D eigenvalue weighted by molar-refractivity contribution is 9.10. The van der Waals surface area contributed by atoms with Gasteiger partial charge in [-0.05, 0) is 32.3 Å². The maximum Gasteiger partial charge on any atom is 0.106 e. The summed E-state index contributed by atoms with van der Waals surface area (Å²) in [5.74, 6) is 0. The lowest BCUT2D eigenvalue weighted by Gasteiger charge is -2.13. The van der Waals surface area contributed by atoms with Gasteiger partial charge in [-0.25, -0.2) is 0 Å². The van der Waals surface area contributed by atoms with Crippen molar-refractivity contribution in [1.82, 2.24) is 4.90 Å². The Bertz CT molecular complexity index is 426. The van der Waals surface area contributed by atoms with Gasteiger partial charge in [0.15, 0.2) is 0 Å². The van der Waals surface area contributed by atoms with Crippen molar-refractivity contribution in [1.29, 1.82) is 0 Å². The number of nitrogens with one attached hydrogen (secondary N) is 1. The second-order valence-electron chi connectivity index (χ2n) is 4.40. The van der Waals surface area contributed by atoms with Crippen LogP contribution in [0.15, 0.2) is 22.7 Å². The fraction of sp³-hybridized carbons (Fsp3) is 0.462. The molecule has 0 aromatic heterocycles. The molecule has 0 radical (unpaired) electrons. The second-order valence-corrected chi connectivity index (χ2v) is 5.75. The summed E-state index contributed by atoms with van der Waals surface area (Å²) in [5.41, 5.74) is 7.48. The Balaban J connectivity index is 2.39. The van der Waals surface area contributed by atoms with Crippen molar-refractivity contribution in [3.05, 3.63) is 28.2 Å². The number of ether oxygens (including phenoxy) is 1. The zero-order valence-electron chi connectivity index (χ0n) is 11.3. The molecular formula is C13H20BrN3OS. The van der Waals surface area contributed by atoms with Gasteiger partial charge in [-0.15, -0.1) is 0 Å². The van der Waals surface area contributed by atoms with E-state index in [4.69, 9.17) is 22.7 Å². The Morgan fingerprint density at radius 1 is 1.42 bits per heavy atom. The van der Waals surface area contributed by atoms with Crippen LogP contribution >= 0.6 is 28.1 Å². The predicted octanol–water partition coefficient (Wildman–Crippen LogP) is 2.07.